The Hall–Kier alpha value is -3.33. The molecule has 0 bridgehead atoms. The van der Waals surface area contributed by atoms with E-state index < -0.39 is 16.7 Å². The number of hydrogen-bond donors (Lipinski definition) is 0. The van der Waals surface area contributed by atoms with Gasteiger partial charge in [-0.05, 0) is 30.3 Å². The predicted octanol–water partition coefficient (Wildman–Crippen LogP) is 2.76. The fourth-order valence-corrected chi connectivity index (χ4v) is 2.61. The molecule has 0 spiro atoms. The second-order valence-corrected chi connectivity index (χ2v) is 5.72. The Morgan fingerprint density at radius 1 is 1.22 bits per heavy atom. The van der Waals surface area contributed by atoms with Gasteiger partial charge in [0.2, 0.25) is 0 Å². The van der Waals surface area contributed by atoms with Crippen LogP contribution in [-0.2, 0) is 9.57 Å². The zero-order valence-electron chi connectivity index (χ0n) is 14.2. The quantitative estimate of drug-likeness (QED) is 0.346. The van der Waals surface area contributed by atoms with Crippen LogP contribution in [0.4, 0.5) is 15.8 Å². The van der Waals surface area contributed by atoms with Crippen LogP contribution in [0, 0.1) is 15.9 Å². The molecular weight excluding hydrogens is 357 g/mol. The van der Waals surface area contributed by atoms with Gasteiger partial charge in [-0.2, -0.15) is 0 Å². The number of carbonyl (C=O) groups excluding carboxylic acids is 1. The summed E-state index contributed by atoms with van der Waals surface area (Å²) in [5.74, 6) is -1.23. The zero-order chi connectivity index (χ0) is 19.2. The number of oxime groups is 1. The Bertz CT molecular complexity index is 864. The molecule has 0 atom stereocenters. The molecule has 0 saturated carbocycles. The molecule has 0 amide bonds. The molecule has 1 heterocycles. The standard InChI is InChI=1S/C18H16FN3O5/c19-15-4-2-14(3-5-15)18(23)27-20-12-13-1-6-16(17(11-13)22(24)25)21-7-9-26-10-8-21/h1-6,11-12H,7-10H2/b20-12+. The van der Waals surface area contributed by atoms with E-state index in [4.69, 9.17) is 9.57 Å². The van der Waals surface area contributed by atoms with E-state index in [0.29, 0.717) is 37.6 Å². The number of halogens is 1. The van der Waals surface area contributed by atoms with Gasteiger partial charge < -0.3 is 14.5 Å². The van der Waals surface area contributed by atoms with Gasteiger partial charge in [0.05, 0.1) is 29.9 Å². The molecule has 8 nitrogen and oxygen atoms in total. The lowest BCUT2D eigenvalue weighted by molar-refractivity contribution is -0.384. The summed E-state index contributed by atoms with van der Waals surface area (Å²) in [6.45, 7) is 2.17. The first-order chi connectivity index (χ1) is 13.0. The van der Waals surface area contributed by atoms with Crippen molar-refractivity contribution in [2.24, 2.45) is 5.16 Å². The number of anilines is 1. The van der Waals surface area contributed by atoms with E-state index in [1.807, 2.05) is 4.90 Å². The van der Waals surface area contributed by atoms with E-state index in [0.717, 1.165) is 12.1 Å². The average molecular weight is 373 g/mol. The van der Waals surface area contributed by atoms with Crippen LogP contribution < -0.4 is 4.90 Å². The normalized spacial score (nSPS) is 14.3. The number of nitro groups is 1. The number of carbonyl (C=O) groups is 1. The largest absolute Gasteiger partial charge is 0.378 e. The number of nitrogens with zero attached hydrogens (tertiary/aromatic N) is 3. The van der Waals surface area contributed by atoms with Crippen LogP contribution in [0.3, 0.4) is 0 Å². The fraction of sp³-hybridized carbons (Fsp3) is 0.222. The van der Waals surface area contributed by atoms with Gasteiger partial charge in [0.1, 0.15) is 11.5 Å². The molecule has 0 radical (unpaired) electrons. The highest BCUT2D eigenvalue weighted by Gasteiger charge is 2.21. The molecule has 2 aromatic rings. The van der Waals surface area contributed by atoms with Crippen LogP contribution in [-0.4, -0.2) is 43.4 Å². The summed E-state index contributed by atoms with van der Waals surface area (Å²) in [5, 5.41) is 15.0. The Labute approximate surface area is 153 Å². The number of rotatable bonds is 5. The Morgan fingerprint density at radius 2 is 1.93 bits per heavy atom. The molecule has 1 fully saturated rings. The van der Waals surface area contributed by atoms with E-state index in [9.17, 15) is 19.3 Å². The van der Waals surface area contributed by atoms with Gasteiger partial charge in [-0.15, -0.1) is 0 Å². The van der Waals surface area contributed by atoms with E-state index in [2.05, 4.69) is 5.16 Å². The number of ether oxygens (including phenoxy) is 1. The minimum absolute atomic E-state index is 0.0642. The van der Waals surface area contributed by atoms with Gasteiger partial charge >= 0.3 is 5.97 Å². The van der Waals surface area contributed by atoms with Gasteiger partial charge in [0, 0.05) is 24.7 Å². The maximum absolute atomic E-state index is 12.8. The lowest BCUT2D eigenvalue weighted by atomic mass is 10.1. The number of hydrogen-bond acceptors (Lipinski definition) is 7. The van der Waals surface area contributed by atoms with E-state index in [1.165, 1.54) is 24.4 Å². The number of morpholine rings is 1. The summed E-state index contributed by atoms with van der Waals surface area (Å²) in [7, 11) is 0. The number of benzene rings is 2. The van der Waals surface area contributed by atoms with Gasteiger partial charge in [-0.25, -0.2) is 9.18 Å². The van der Waals surface area contributed by atoms with Crippen LogP contribution in [0.25, 0.3) is 0 Å². The third-order valence-corrected chi connectivity index (χ3v) is 3.97. The summed E-state index contributed by atoms with van der Waals surface area (Å²) in [6, 6.07) is 9.45. The van der Waals surface area contributed by atoms with Crippen molar-refractivity contribution in [2.45, 2.75) is 0 Å². The molecule has 1 saturated heterocycles. The molecule has 9 heteroatoms. The van der Waals surface area contributed by atoms with Crippen LogP contribution in [0.2, 0.25) is 0 Å². The minimum atomic E-state index is -0.759. The lowest BCUT2D eigenvalue weighted by Crippen LogP contribution is -2.36. The summed E-state index contributed by atoms with van der Waals surface area (Å²) in [6.07, 6.45) is 1.21. The maximum atomic E-state index is 12.8. The third-order valence-electron chi connectivity index (χ3n) is 3.97. The Morgan fingerprint density at radius 3 is 2.59 bits per heavy atom. The molecule has 2 aromatic carbocycles. The van der Waals surface area contributed by atoms with Crippen molar-refractivity contribution < 1.29 is 23.7 Å². The Balaban J connectivity index is 1.71. The van der Waals surface area contributed by atoms with Crippen LogP contribution in [0.15, 0.2) is 47.6 Å². The lowest BCUT2D eigenvalue weighted by Gasteiger charge is -2.28. The molecule has 140 valence electrons. The predicted molar refractivity (Wildman–Crippen MR) is 95.5 cm³/mol. The Kier molecular flexibility index (Phi) is 5.72. The summed E-state index contributed by atoms with van der Waals surface area (Å²) < 4.78 is 18.1. The van der Waals surface area contributed by atoms with Gasteiger partial charge in [0.15, 0.2) is 0 Å². The molecular formula is C18H16FN3O5. The van der Waals surface area contributed by atoms with Gasteiger partial charge in [0.25, 0.3) is 5.69 Å². The second-order valence-electron chi connectivity index (χ2n) is 5.72. The van der Waals surface area contributed by atoms with Crippen molar-refractivity contribution in [3.8, 4) is 0 Å². The van der Waals surface area contributed by atoms with Crippen LogP contribution >= 0.6 is 0 Å². The first kappa shape index (κ1) is 18.5. The number of nitro benzene ring substituents is 1. The van der Waals surface area contributed by atoms with Crippen molar-refractivity contribution in [1.29, 1.82) is 0 Å². The van der Waals surface area contributed by atoms with Crippen molar-refractivity contribution in [3.63, 3.8) is 0 Å². The smallest absolute Gasteiger partial charge is 0.365 e. The summed E-state index contributed by atoms with van der Waals surface area (Å²) >= 11 is 0. The van der Waals surface area contributed by atoms with Crippen LogP contribution in [0.5, 0.6) is 0 Å². The highest BCUT2D eigenvalue weighted by Crippen LogP contribution is 2.29. The summed E-state index contributed by atoms with van der Waals surface area (Å²) in [4.78, 5) is 29.3. The molecule has 0 aromatic heterocycles. The zero-order valence-corrected chi connectivity index (χ0v) is 14.2. The van der Waals surface area contributed by atoms with E-state index >= 15 is 0 Å². The van der Waals surface area contributed by atoms with Gasteiger partial charge in [-0.1, -0.05) is 11.2 Å². The maximum Gasteiger partial charge on any atom is 0.365 e. The monoisotopic (exact) mass is 373 g/mol. The van der Waals surface area contributed by atoms with Crippen molar-refractivity contribution in [2.75, 3.05) is 31.2 Å². The molecule has 0 N–H and O–H groups in total. The minimum Gasteiger partial charge on any atom is -0.378 e. The van der Waals surface area contributed by atoms with Crippen molar-refractivity contribution in [1.82, 2.24) is 0 Å². The molecule has 1 aliphatic heterocycles. The van der Waals surface area contributed by atoms with Gasteiger partial charge in [-0.3, -0.25) is 10.1 Å². The topological polar surface area (TPSA) is 94.3 Å². The van der Waals surface area contributed by atoms with Crippen molar-refractivity contribution in [3.05, 3.63) is 69.5 Å². The molecule has 27 heavy (non-hydrogen) atoms. The molecule has 3 rings (SSSR count). The first-order valence-corrected chi connectivity index (χ1v) is 8.16. The van der Waals surface area contributed by atoms with Crippen molar-refractivity contribution >= 4 is 23.6 Å². The second kappa shape index (κ2) is 8.37. The van der Waals surface area contributed by atoms with E-state index in [-0.39, 0.29) is 11.3 Å². The third kappa shape index (κ3) is 4.64. The van der Waals surface area contributed by atoms with Crippen LogP contribution in [0.1, 0.15) is 15.9 Å². The average Bonchev–Trinajstić information content (AvgIpc) is 2.69. The fourth-order valence-electron chi connectivity index (χ4n) is 2.61. The SMILES string of the molecule is O=C(O/N=C/c1ccc(N2CCOCC2)c([N+](=O)[O-])c1)c1ccc(F)cc1. The first-order valence-electron chi connectivity index (χ1n) is 8.16. The molecule has 1 aliphatic rings. The van der Waals surface area contributed by atoms with E-state index in [1.54, 1.807) is 12.1 Å². The highest BCUT2D eigenvalue weighted by atomic mass is 19.1. The molecule has 0 unspecified atom stereocenters. The molecule has 0 aliphatic carbocycles. The highest BCUT2D eigenvalue weighted by molar-refractivity contribution is 5.90. The summed E-state index contributed by atoms with van der Waals surface area (Å²) in [5.41, 5.74) is 0.988.